The van der Waals surface area contributed by atoms with Gasteiger partial charge in [0.2, 0.25) is 0 Å². The van der Waals surface area contributed by atoms with Crippen molar-refractivity contribution in [2.24, 2.45) is 4.99 Å². The van der Waals surface area contributed by atoms with Crippen molar-refractivity contribution < 1.29 is 0 Å². The Morgan fingerprint density at radius 1 is 1.50 bits per heavy atom. The van der Waals surface area contributed by atoms with Gasteiger partial charge in [0.15, 0.2) is 0 Å². The first-order valence-electron chi connectivity index (χ1n) is 3.01. The number of nitrogens with zero attached hydrogens (tertiary/aromatic N) is 1. The molecule has 0 radical (unpaired) electrons. The fourth-order valence-electron chi connectivity index (χ4n) is 0.350. The summed E-state index contributed by atoms with van der Waals surface area (Å²) in [5, 5.41) is 14.2. The number of amidine groups is 1. The van der Waals surface area contributed by atoms with Gasteiger partial charge in [-0.3, -0.25) is 5.41 Å². The number of hydrogen-bond donors (Lipinski definition) is 2. The summed E-state index contributed by atoms with van der Waals surface area (Å²) in [5.41, 5.74) is 0.494. The Morgan fingerprint density at radius 2 is 2.10 bits per heavy atom. The van der Waals surface area contributed by atoms with E-state index in [1.165, 1.54) is 6.08 Å². The van der Waals surface area contributed by atoms with Gasteiger partial charge in [0, 0.05) is 5.71 Å². The molecule has 0 bridgehead atoms. The standard InChI is InChI=1S/C7H11N3/c1-3-6(8)4-5-7(9)10-2/h4-5,8-9H,2-3H2,1H3/b5-4+,8-6?,9-7?. The molecule has 10 heavy (non-hydrogen) atoms. The lowest BCUT2D eigenvalue weighted by Gasteiger charge is -1.87. The van der Waals surface area contributed by atoms with Gasteiger partial charge in [-0.1, -0.05) is 6.92 Å². The highest BCUT2D eigenvalue weighted by Gasteiger charge is 1.84. The quantitative estimate of drug-likeness (QED) is 0.439. The number of allylic oxidation sites excluding steroid dienone is 1. The molecule has 0 aromatic heterocycles. The largest absolute Gasteiger partial charge is 0.305 e. The van der Waals surface area contributed by atoms with Gasteiger partial charge in [0.25, 0.3) is 0 Å². The van der Waals surface area contributed by atoms with E-state index in [0.29, 0.717) is 12.1 Å². The normalized spacial score (nSPS) is 9.70. The van der Waals surface area contributed by atoms with Crippen LogP contribution in [0.1, 0.15) is 13.3 Å². The van der Waals surface area contributed by atoms with Crippen LogP contribution < -0.4 is 0 Å². The molecule has 0 aliphatic rings. The van der Waals surface area contributed by atoms with E-state index < -0.39 is 0 Å². The van der Waals surface area contributed by atoms with Gasteiger partial charge in [-0.25, -0.2) is 4.99 Å². The monoisotopic (exact) mass is 137 g/mol. The molecule has 0 heterocycles. The molecule has 54 valence electrons. The molecular formula is C7H11N3. The summed E-state index contributed by atoms with van der Waals surface area (Å²) in [5.74, 6) is 0.0956. The maximum atomic E-state index is 7.16. The first-order valence-corrected chi connectivity index (χ1v) is 3.01. The van der Waals surface area contributed by atoms with Gasteiger partial charge >= 0.3 is 0 Å². The van der Waals surface area contributed by atoms with E-state index in [2.05, 4.69) is 11.7 Å². The van der Waals surface area contributed by atoms with Gasteiger partial charge in [-0.05, 0) is 25.3 Å². The molecule has 0 rings (SSSR count). The highest BCUT2D eigenvalue weighted by molar-refractivity contribution is 6.01. The van der Waals surface area contributed by atoms with Crippen LogP contribution in [0.15, 0.2) is 17.1 Å². The van der Waals surface area contributed by atoms with Crippen LogP contribution >= 0.6 is 0 Å². The minimum absolute atomic E-state index is 0.0956. The Balaban J connectivity index is 3.87. The smallest absolute Gasteiger partial charge is 0.143 e. The molecule has 0 amide bonds. The van der Waals surface area contributed by atoms with Crippen molar-refractivity contribution in [3.05, 3.63) is 12.2 Å². The fourth-order valence-corrected chi connectivity index (χ4v) is 0.350. The molecule has 0 aromatic carbocycles. The van der Waals surface area contributed by atoms with Gasteiger partial charge < -0.3 is 5.41 Å². The Bertz CT molecular complexity index is 179. The van der Waals surface area contributed by atoms with Crippen molar-refractivity contribution in [2.45, 2.75) is 13.3 Å². The topological polar surface area (TPSA) is 60.1 Å². The minimum atomic E-state index is 0.0956. The zero-order valence-electron chi connectivity index (χ0n) is 6.02. The first kappa shape index (κ1) is 8.75. The molecule has 2 N–H and O–H groups in total. The van der Waals surface area contributed by atoms with Crippen LogP contribution in [0.25, 0.3) is 0 Å². The lowest BCUT2D eigenvalue weighted by molar-refractivity contribution is 1.26. The number of rotatable bonds is 3. The maximum Gasteiger partial charge on any atom is 0.143 e. The van der Waals surface area contributed by atoms with Crippen molar-refractivity contribution in [1.29, 1.82) is 10.8 Å². The lowest BCUT2D eigenvalue weighted by atomic mass is 10.3. The highest BCUT2D eigenvalue weighted by Crippen LogP contribution is 1.85. The van der Waals surface area contributed by atoms with E-state index in [1.54, 1.807) is 6.08 Å². The average Bonchev–Trinajstić information content (AvgIpc) is 1.99. The Kier molecular flexibility index (Phi) is 4.04. The first-order chi connectivity index (χ1) is 4.70. The Hall–Kier alpha value is -1.25. The second-order valence-electron chi connectivity index (χ2n) is 1.76. The highest BCUT2D eigenvalue weighted by atomic mass is 14.8. The summed E-state index contributed by atoms with van der Waals surface area (Å²) >= 11 is 0. The maximum absolute atomic E-state index is 7.16. The molecule has 0 fully saturated rings. The summed E-state index contributed by atoms with van der Waals surface area (Å²) in [4.78, 5) is 3.34. The average molecular weight is 137 g/mol. The molecule has 0 saturated heterocycles. The van der Waals surface area contributed by atoms with Gasteiger partial charge in [0.1, 0.15) is 5.84 Å². The van der Waals surface area contributed by atoms with Gasteiger partial charge in [-0.15, -0.1) is 0 Å². The Labute approximate surface area is 60.5 Å². The third-order valence-electron chi connectivity index (χ3n) is 0.994. The predicted molar refractivity (Wildman–Crippen MR) is 44.4 cm³/mol. The lowest BCUT2D eigenvalue weighted by Crippen LogP contribution is -1.89. The van der Waals surface area contributed by atoms with E-state index in [4.69, 9.17) is 10.8 Å². The number of hydrogen-bond acceptors (Lipinski definition) is 2. The van der Waals surface area contributed by atoms with Crippen molar-refractivity contribution in [3.63, 3.8) is 0 Å². The predicted octanol–water partition coefficient (Wildman–Crippen LogP) is 1.65. The van der Waals surface area contributed by atoms with Crippen molar-refractivity contribution in [3.8, 4) is 0 Å². The summed E-state index contributed by atoms with van der Waals surface area (Å²) in [6, 6.07) is 0. The van der Waals surface area contributed by atoms with Crippen LogP contribution in [0.2, 0.25) is 0 Å². The van der Waals surface area contributed by atoms with Gasteiger partial charge in [0.05, 0.1) is 0 Å². The minimum Gasteiger partial charge on any atom is -0.305 e. The summed E-state index contributed by atoms with van der Waals surface area (Å²) in [6.07, 6.45) is 3.69. The number of aliphatic imine (C=N–C) groups is 1. The van der Waals surface area contributed by atoms with E-state index >= 15 is 0 Å². The third-order valence-corrected chi connectivity index (χ3v) is 0.994. The van der Waals surface area contributed by atoms with Crippen LogP contribution in [0.3, 0.4) is 0 Å². The van der Waals surface area contributed by atoms with Gasteiger partial charge in [-0.2, -0.15) is 0 Å². The molecule has 0 saturated carbocycles. The molecule has 3 nitrogen and oxygen atoms in total. The Morgan fingerprint density at radius 3 is 2.50 bits per heavy atom. The molecule has 0 spiro atoms. The van der Waals surface area contributed by atoms with Crippen molar-refractivity contribution in [2.75, 3.05) is 0 Å². The third kappa shape index (κ3) is 3.72. The zero-order chi connectivity index (χ0) is 7.98. The summed E-state index contributed by atoms with van der Waals surface area (Å²) in [7, 11) is 0. The molecular weight excluding hydrogens is 126 g/mol. The van der Waals surface area contributed by atoms with E-state index in [1.807, 2.05) is 6.92 Å². The molecule has 0 unspecified atom stereocenters. The van der Waals surface area contributed by atoms with Crippen LogP contribution in [-0.2, 0) is 0 Å². The van der Waals surface area contributed by atoms with Crippen LogP contribution in [0, 0.1) is 10.8 Å². The molecule has 0 aliphatic heterocycles. The van der Waals surface area contributed by atoms with Crippen molar-refractivity contribution >= 4 is 18.3 Å². The van der Waals surface area contributed by atoms with E-state index in [0.717, 1.165) is 0 Å². The fraction of sp³-hybridized carbons (Fsp3) is 0.286. The van der Waals surface area contributed by atoms with E-state index in [-0.39, 0.29) is 5.84 Å². The second-order valence-corrected chi connectivity index (χ2v) is 1.76. The SMILES string of the molecule is C=NC(=N)/C=C/C(=N)CC. The molecule has 0 aromatic rings. The van der Waals surface area contributed by atoms with Crippen molar-refractivity contribution in [1.82, 2.24) is 0 Å². The molecule has 0 aliphatic carbocycles. The second kappa shape index (κ2) is 4.61. The molecule has 0 atom stereocenters. The van der Waals surface area contributed by atoms with E-state index in [9.17, 15) is 0 Å². The van der Waals surface area contributed by atoms with Crippen LogP contribution in [0.5, 0.6) is 0 Å². The molecule has 3 heteroatoms. The summed E-state index contributed by atoms with van der Waals surface area (Å²) < 4.78 is 0. The van der Waals surface area contributed by atoms with Crippen LogP contribution in [0.4, 0.5) is 0 Å². The zero-order valence-corrected chi connectivity index (χ0v) is 6.02. The summed E-state index contributed by atoms with van der Waals surface area (Å²) in [6.45, 7) is 5.05. The number of nitrogens with one attached hydrogen (secondary N) is 2. The van der Waals surface area contributed by atoms with Crippen LogP contribution in [-0.4, -0.2) is 18.3 Å².